The summed E-state index contributed by atoms with van der Waals surface area (Å²) in [6.07, 6.45) is 2.26. The van der Waals surface area contributed by atoms with Crippen molar-refractivity contribution in [2.24, 2.45) is 11.8 Å². The predicted molar refractivity (Wildman–Crippen MR) is 84.1 cm³/mol. The minimum Gasteiger partial charge on any atom is -0.385 e. The zero-order valence-electron chi connectivity index (χ0n) is 12.9. The van der Waals surface area contributed by atoms with Crippen molar-refractivity contribution < 1.29 is 4.79 Å². The van der Waals surface area contributed by atoms with E-state index in [1.165, 1.54) is 0 Å². The first-order chi connectivity index (χ1) is 9.63. The van der Waals surface area contributed by atoms with Gasteiger partial charge in [0.15, 0.2) is 0 Å². The van der Waals surface area contributed by atoms with E-state index in [0.717, 1.165) is 55.6 Å². The van der Waals surface area contributed by atoms with Crippen LogP contribution in [0.3, 0.4) is 0 Å². The number of benzene rings is 1. The summed E-state index contributed by atoms with van der Waals surface area (Å²) < 4.78 is 0. The first kappa shape index (κ1) is 14.9. The van der Waals surface area contributed by atoms with Crippen LogP contribution in [0.5, 0.6) is 0 Å². The highest BCUT2D eigenvalue weighted by Gasteiger charge is 2.26. The molecule has 1 aromatic carbocycles. The van der Waals surface area contributed by atoms with E-state index in [2.05, 4.69) is 26.1 Å². The quantitative estimate of drug-likeness (QED) is 0.909. The second-order valence-corrected chi connectivity index (χ2v) is 5.95. The third-order valence-corrected chi connectivity index (χ3v) is 4.29. The number of para-hydroxylation sites is 1. The van der Waals surface area contributed by atoms with E-state index >= 15 is 0 Å². The Morgan fingerprint density at radius 3 is 2.55 bits per heavy atom. The Morgan fingerprint density at radius 1 is 1.30 bits per heavy atom. The average Bonchev–Trinajstić information content (AvgIpc) is 2.47. The summed E-state index contributed by atoms with van der Waals surface area (Å²) in [5.41, 5.74) is 1.75. The lowest BCUT2D eigenvalue weighted by Gasteiger charge is -2.34. The summed E-state index contributed by atoms with van der Waals surface area (Å²) in [7, 11) is 0. The first-order valence-electron chi connectivity index (χ1n) is 7.75. The summed E-state index contributed by atoms with van der Waals surface area (Å²) in [5, 5.41) is 3.28. The minimum atomic E-state index is 0.170. The number of carbonyl (C=O) groups is 1. The summed E-state index contributed by atoms with van der Waals surface area (Å²) >= 11 is 0. The number of carbonyl (C=O) groups excluding carboxylic acids is 1. The predicted octanol–water partition coefficient (Wildman–Crippen LogP) is 3.63. The SMILES string of the molecule is CCNc1ccccc1C(=O)N1CCC(C(C)C)CC1. The Labute approximate surface area is 122 Å². The van der Waals surface area contributed by atoms with Gasteiger partial charge in [-0.15, -0.1) is 0 Å². The summed E-state index contributed by atoms with van der Waals surface area (Å²) in [6, 6.07) is 7.82. The van der Waals surface area contributed by atoms with Gasteiger partial charge in [0.25, 0.3) is 5.91 Å². The van der Waals surface area contributed by atoms with Crippen molar-refractivity contribution in [3.8, 4) is 0 Å². The van der Waals surface area contributed by atoms with E-state index in [0.29, 0.717) is 0 Å². The molecule has 1 heterocycles. The normalized spacial score (nSPS) is 16.5. The topological polar surface area (TPSA) is 32.3 Å². The van der Waals surface area contributed by atoms with E-state index in [1.54, 1.807) is 0 Å². The van der Waals surface area contributed by atoms with Gasteiger partial charge < -0.3 is 10.2 Å². The lowest BCUT2D eigenvalue weighted by atomic mass is 9.86. The van der Waals surface area contributed by atoms with Gasteiger partial charge >= 0.3 is 0 Å². The third kappa shape index (κ3) is 3.33. The van der Waals surface area contributed by atoms with Gasteiger partial charge in [-0.05, 0) is 43.7 Å². The highest BCUT2D eigenvalue weighted by atomic mass is 16.2. The molecule has 3 nitrogen and oxygen atoms in total. The number of nitrogens with zero attached hydrogens (tertiary/aromatic N) is 1. The molecule has 0 saturated carbocycles. The number of hydrogen-bond acceptors (Lipinski definition) is 2. The standard InChI is InChI=1S/C17H26N2O/c1-4-18-16-8-6-5-7-15(16)17(20)19-11-9-14(10-12-19)13(2)3/h5-8,13-14,18H,4,9-12H2,1-3H3. The highest BCUT2D eigenvalue weighted by molar-refractivity contribution is 5.99. The van der Waals surface area contributed by atoms with Crippen molar-refractivity contribution in [1.82, 2.24) is 4.90 Å². The molecule has 1 aliphatic rings. The Bertz CT molecular complexity index is 448. The zero-order chi connectivity index (χ0) is 14.5. The van der Waals surface area contributed by atoms with E-state index < -0.39 is 0 Å². The first-order valence-corrected chi connectivity index (χ1v) is 7.75. The monoisotopic (exact) mass is 274 g/mol. The number of likely N-dealkylation sites (tertiary alicyclic amines) is 1. The van der Waals surface area contributed by atoms with Gasteiger partial charge in [0, 0.05) is 25.3 Å². The maximum absolute atomic E-state index is 12.7. The van der Waals surface area contributed by atoms with Crippen LogP contribution in [-0.2, 0) is 0 Å². The molecule has 3 heteroatoms. The van der Waals surface area contributed by atoms with Crippen molar-refractivity contribution in [1.29, 1.82) is 0 Å². The molecule has 1 aliphatic heterocycles. The van der Waals surface area contributed by atoms with Gasteiger partial charge in [0.05, 0.1) is 5.56 Å². The van der Waals surface area contributed by atoms with Crippen molar-refractivity contribution in [3.05, 3.63) is 29.8 Å². The number of amides is 1. The molecular formula is C17H26N2O. The smallest absolute Gasteiger partial charge is 0.255 e. The second-order valence-electron chi connectivity index (χ2n) is 5.95. The lowest BCUT2D eigenvalue weighted by molar-refractivity contribution is 0.0668. The molecule has 0 atom stereocenters. The van der Waals surface area contributed by atoms with E-state index in [-0.39, 0.29) is 5.91 Å². The van der Waals surface area contributed by atoms with Crippen molar-refractivity contribution in [3.63, 3.8) is 0 Å². The number of hydrogen-bond donors (Lipinski definition) is 1. The Kier molecular flexibility index (Phi) is 5.05. The van der Waals surface area contributed by atoms with Crippen LogP contribution in [0.1, 0.15) is 44.0 Å². The number of piperidine rings is 1. The van der Waals surface area contributed by atoms with Gasteiger partial charge in [-0.1, -0.05) is 26.0 Å². The Morgan fingerprint density at radius 2 is 1.95 bits per heavy atom. The van der Waals surface area contributed by atoms with E-state index in [1.807, 2.05) is 29.2 Å². The Hall–Kier alpha value is -1.51. The molecule has 1 aromatic rings. The summed E-state index contributed by atoms with van der Waals surface area (Å²) in [6.45, 7) is 9.23. The molecule has 20 heavy (non-hydrogen) atoms. The fourth-order valence-corrected chi connectivity index (χ4v) is 2.95. The molecule has 0 aliphatic carbocycles. The van der Waals surface area contributed by atoms with Crippen molar-refractivity contribution in [2.75, 3.05) is 25.0 Å². The number of rotatable bonds is 4. The van der Waals surface area contributed by atoms with Crippen LogP contribution < -0.4 is 5.32 Å². The van der Waals surface area contributed by atoms with E-state index in [9.17, 15) is 4.79 Å². The molecule has 1 saturated heterocycles. The molecule has 1 N–H and O–H groups in total. The number of nitrogens with one attached hydrogen (secondary N) is 1. The van der Waals surface area contributed by atoms with Crippen LogP contribution in [0.25, 0.3) is 0 Å². The van der Waals surface area contributed by atoms with Gasteiger partial charge in [0.2, 0.25) is 0 Å². The van der Waals surface area contributed by atoms with Crippen LogP contribution in [-0.4, -0.2) is 30.4 Å². The number of anilines is 1. The zero-order valence-corrected chi connectivity index (χ0v) is 12.9. The second kappa shape index (κ2) is 6.78. The van der Waals surface area contributed by atoms with Gasteiger partial charge in [-0.3, -0.25) is 4.79 Å². The van der Waals surface area contributed by atoms with Gasteiger partial charge in [-0.2, -0.15) is 0 Å². The van der Waals surface area contributed by atoms with Crippen LogP contribution in [0.2, 0.25) is 0 Å². The van der Waals surface area contributed by atoms with Crippen molar-refractivity contribution >= 4 is 11.6 Å². The molecule has 2 rings (SSSR count). The lowest BCUT2D eigenvalue weighted by Crippen LogP contribution is -2.39. The third-order valence-electron chi connectivity index (χ3n) is 4.29. The molecule has 110 valence electrons. The fraction of sp³-hybridized carbons (Fsp3) is 0.588. The Balaban J connectivity index is 2.05. The minimum absolute atomic E-state index is 0.170. The highest BCUT2D eigenvalue weighted by Crippen LogP contribution is 2.26. The van der Waals surface area contributed by atoms with Crippen LogP contribution in [0, 0.1) is 11.8 Å². The van der Waals surface area contributed by atoms with Crippen molar-refractivity contribution in [2.45, 2.75) is 33.6 Å². The molecule has 0 unspecified atom stereocenters. The summed E-state index contributed by atoms with van der Waals surface area (Å²) in [5.74, 6) is 1.66. The molecule has 1 amide bonds. The molecule has 0 bridgehead atoms. The van der Waals surface area contributed by atoms with Gasteiger partial charge in [-0.25, -0.2) is 0 Å². The van der Waals surface area contributed by atoms with Crippen LogP contribution >= 0.6 is 0 Å². The largest absolute Gasteiger partial charge is 0.385 e. The molecule has 1 fully saturated rings. The molecule has 0 spiro atoms. The van der Waals surface area contributed by atoms with E-state index in [4.69, 9.17) is 0 Å². The van der Waals surface area contributed by atoms with Gasteiger partial charge in [0.1, 0.15) is 0 Å². The van der Waals surface area contributed by atoms with Crippen LogP contribution in [0.15, 0.2) is 24.3 Å². The molecular weight excluding hydrogens is 248 g/mol. The molecule has 0 aromatic heterocycles. The van der Waals surface area contributed by atoms with Crippen LogP contribution in [0.4, 0.5) is 5.69 Å². The molecule has 0 radical (unpaired) electrons. The average molecular weight is 274 g/mol. The maximum atomic E-state index is 12.7. The fourth-order valence-electron chi connectivity index (χ4n) is 2.95. The maximum Gasteiger partial charge on any atom is 0.255 e. The summed E-state index contributed by atoms with van der Waals surface area (Å²) in [4.78, 5) is 14.7.